The fourth-order valence-corrected chi connectivity index (χ4v) is 2.67. The van der Waals surface area contributed by atoms with Crippen LogP contribution in [0.5, 0.6) is 0 Å². The van der Waals surface area contributed by atoms with Crippen molar-refractivity contribution >= 4 is 40.0 Å². The average molecular weight is 327 g/mol. The molecule has 22 heavy (non-hydrogen) atoms. The number of carbonyl (C=O) groups excluding carboxylic acids is 3. The van der Waals surface area contributed by atoms with Crippen molar-refractivity contribution in [2.75, 3.05) is 5.32 Å². The number of aryl methyl sites for hydroxylation is 1. The van der Waals surface area contributed by atoms with E-state index in [2.05, 4.69) is 10.6 Å². The summed E-state index contributed by atoms with van der Waals surface area (Å²) in [5, 5.41) is 14.3. The summed E-state index contributed by atoms with van der Waals surface area (Å²) in [6.45, 7) is 3.07. The number of amides is 3. The third kappa shape index (κ3) is 5.17. The molecule has 0 radical (unpaired) electrons. The van der Waals surface area contributed by atoms with Gasteiger partial charge in [0, 0.05) is 18.2 Å². The van der Waals surface area contributed by atoms with Gasteiger partial charge in [-0.2, -0.15) is 0 Å². The van der Waals surface area contributed by atoms with Crippen molar-refractivity contribution in [3.8, 4) is 0 Å². The van der Waals surface area contributed by atoms with Crippen molar-refractivity contribution in [2.24, 2.45) is 5.73 Å². The molecule has 1 aromatic rings. The first-order valence-electron chi connectivity index (χ1n) is 6.40. The lowest BCUT2D eigenvalue weighted by molar-refractivity contribution is -0.139. The number of anilines is 1. The van der Waals surface area contributed by atoms with Crippen LogP contribution in [0.4, 0.5) is 5.00 Å². The van der Waals surface area contributed by atoms with Crippen LogP contribution in [0.2, 0.25) is 0 Å². The Bertz CT molecular complexity index is 611. The third-order valence-electron chi connectivity index (χ3n) is 2.67. The van der Waals surface area contributed by atoms with Gasteiger partial charge in [-0.25, -0.2) is 4.79 Å². The molecule has 0 spiro atoms. The molecule has 0 aromatic carbocycles. The molecule has 0 saturated carbocycles. The first-order chi connectivity index (χ1) is 10.2. The standard InChI is InChI=1S/C13H17N3O5S/c1-6-5-8(12(22-6)15-7(2)17)11(19)16-9(13(20)21)3-4-10(14)18/h5,9H,3-4H2,1-2H3,(H2,14,18)(H,15,17)(H,16,19)(H,20,21). The lowest BCUT2D eigenvalue weighted by Gasteiger charge is -2.14. The zero-order valence-corrected chi connectivity index (χ0v) is 13.0. The molecular formula is C13H17N3O5S. The van der Waals surface area contributed by atoms with Crippen molar-refractivity contribution in [1.82, 2.24) is 5.32 Å². The molecule has 1 rings (SSSR count). The number of aliphatic carboxylic acids is 1. The Morgan fingerprint density at radius 3 is 2.50 bits per heavy atom. The first kappa shape index (κ1) is 17.6. The monoisotopic (exact) mass is 327 g/mol. The van der Waals surface area contributed by atoms with Crippen molar-refractivity contribution in [2.45, 2.75) is 32.7 Å². The Labute approximate surface area is 130 Å². The molecule has 0 fully saturated rings. The van der Waals surface area contributed by atoms with Gasteiger partial charge < -0.3 is 21.5 Å². The van der Waals surface area contributed by atoms with Crippen molar-refractivity contribution < 1.29 is 24.3 Å². The topological polar surface area (TPSA) is 139 Å². The number of carboxylic acids is 1. The van der Waals surface area contributed by atoms with E-state index in [0.717, 1.165) is 4.88 Å². The lowest BCUT2D eigenvalue weighted by Crippen LogP contribution is -2.41. The second-order valence-corrected chi connectivity index (χ2v) is 5.91. The Hall–Kier alpha value is -2.42. The molecule has 0 bridgehead atoms. The summed E-state index contributed by atoms with van der Waals surface area (Å²) in [6.07, 6.45) is -0.256. The van der Waals surface area contributed by atoms with Crippen LogP contribution >= 0.6 is 11.3 Å². The van der Waals surface area contributed by atoms with Crippen LogP contribution < -0.4 is 16.4 Å². The molecule has 0 aliphatic rings. The minimum Gasteiger partial charge on any atom is -0.480 e. The molecule has 0 aliphatic carbocycles. The number of primary amides is 1. The molecule has 0 aliphatic heterocycles. The Balaban J connectivity index is 2.87. The normalized spacial score (nSPS) is 11.5. The van der Waals surface area contributed by atoms with Crippen molar-refractivity contribution in [3.63, 3.8) is 0 Å². The zero-order chi connectivity index (χ0) is 16.9. The van der Waals surface area contributed by atoms with Crippen LogP contribution in [-0.4, -0.2) is 34.8 Å². The molecule has 1 heterocycles. The summed E-state index contributed by atoms with van der Waals surface area (Å²) in [4.78, 5) is 45.9. The average Bonchev–Trinajstić information content (AvgIpc) is 2.73. The second-order valence-electron chi connectivity index (χ2n) is 4.65. The number of nitrogens with two attached hydrogens (primary N) is 1. The fraction of sp³-hybridized carbons (Fsp3) is 0.385. The van der Waals surface area contributed by atoms with E-state index < -0.39 is 23.8 Å². The van der Waals surface area contributed by atoms with Gasteiger partial charge >= 0.3 is 5.97 Å². The Morgan fingerprint density at radius 2 is 2.00 bits per heavy atom. The summed E-state index contributed by atoms with van der Waals surface area (Å²) >= 11 is 1.21. The van der Waals surface area contributed by atoms with Crippen molar-refractivity contribution in [3.05, 3.63) is 16.5 Å². The van der Waals surface area contributed by atoms with Crippen LogP contribution in [0.1, 0.15) is 35.0 Å². The van der Waals surface area contributed by atoms with Crippen LogP contribution in [-0.2, 0) is 14.4 Å². The maximum Gasteiger partial charge on any atom is 0.326 e. The first-order valence-corrected chi connectivity index (χ1v) is 7.22. The molecule has 8 nitrogen and oxygen atoms in total. The van der Waals surface area contributed by atoms with Gasteiger partial charge in [-0.1, -0.05) is 0 Å². The van der Waals surface area contributed by atoms with Gasteiger partial charge in [0.05, 0.1) is 5.56 Å². The van der Waals surface area contributed by atoms with E-state index >= 15 is 0 Å². The number of rotatable bonds is 7. The molecule has 1 atom stereocenters. The van der Waals surface area contributed by atoms with Gasteiger partial charge in [-0.3, -0.25) is 14.4 Å². The maximum atomic E-state index is 12.2. The Morgan fingerprint density at radius 1 is 1.36 bits per heavy atom. The molecule has 1 unspecified atom stereocenters. The van der Waals surface area contributed by atoms with E-state index in [1.807, 2.05) is 0 Å². The largest absolute Gasteiger partial charge is 0.480 e. The number of nitrogens with one attached hydrogen (secondary N) is 2. The van der Waals surface area contributed by atoms with Crippen LogP contribution in [0.15, 0.2) is 6.07 Å². The molecule has 120 valence electrons. The van der Waals surface area contributed by atoms with Crippen LogP contribution in [0.3, 0.4) is 0 Å². The van der Waals surface area contributed by atoms with Gasteiger partial charge in [-0.15, -0.1) is 11.3 Å². The van der Waals surface area contributed by atoms with E-state index in [1.165, 1.54) is 18.3 Å². The second kappa shape index (κ2) is 7.55. The summed E-state index contributed by atoms with van der Waals surface area (Å²) in [5.74, 6) is -2.88. The van der Waals surface area contributed by atoms with E-state index in [1.54, 1.807) is 13.0 Å². The number of hydrogen-bond donors (Lipinski definition) is 4. The number of carboxylic acid groups (broad SMARTS) is 1. The molecule has 3 amide bonds. The molecule has 9 heteroatoms. The summed E-state index contributed by atoms with van der Waals surface area (Å²) in [7, 11) is 0. The Kier molecular flexibility index (Phi) is 6.05. The zero-order valence-electron chi connectivity index (χ0n) is 12.1. The quantitative estimate of drug-likeness (QED) is 0.576. The molecule has 0 saturated heterocycles. The fourth-order valence-electron chi connectivity index (χ4n) is 1.72. The molecular weight excluding hydrogens is 310 g/mol. The highest BCUT2D eigenvalue weighted by atomic mass is 32.1. The third-order valence-corrected chi connectivity index (χ3v) is 3.64. The predicted octanol–water partition coefficient (Wildman–Crippen LogP) is 0.463. The number of hydrogen-bond acceptors (Lipinski definition) is 5. The minimum absolute atomic E-state index is 0.102. The smallest absolute Gasteiger partial charge is 0.326 e. The number of carbonyl (C=O) groups is 4. The van der Waals surface area contributed by atoms with Crippen molar-refractivity contribution in [1.29, 1.82) is 0 Å². The summed E-state index contributed by atoms with van der Waals surface area (Å²) < 4.78 is 0. The lowest BCUT2D eigenvalue weighted by atomic mass is 10.1. The van der Waals surface area contributed by atoms with Crippen LogP contribution in [0, 0.1) is 6.92 Å². The van der Waals surface area contributed by atoms with Gasteiger partial charge in [0.2, 0.25) is 11.8 Å². The highest BCUT2D eigenvalue weighted by Gasteiger charge is 2.23. The van der Waals surface area contributed by atoms with E-state index in [0.29, 0.717) is 5.00 Å². The van der Waals surface area contributed by atoms with Crippen LogP contribution in [0.25, 0.3) is 0 Å². The van der Waals surface area contributed by atoms with Gasteiger partial charge in [0.15, 0.2) is 0 Å². The predicted molar refractivity (Wildman–Crippen MR) is 80.7 cm³/mol. The SMILES string of the molecule is CC(=O)Nc1sc(C)cc1C(=O)NC(CCC(N)=O)C(=O)O. The summed E-state index contributed by atoms with van der Waals surface area (Å²) in [5.41, 5.74) is 5.16. The minimum atomic E-state index is -1.26. The number of thiophene rings is 1. The summed E-state index contributed by atoms with van der Waals surface area (Å²) in [6, 6.07) is 0.323. The van der Waals surface area contributed by atoms with Gasteiger partial charge in [-0.05, 0) is 19.4 Å². The molecule has 1 aromatic heterocycles. The van der Waals surface area contributed by atoms with E-state index in [9.17, 15) is 19.2 Å². The maximum absolute atomic E-state index is 12.2. The van der Waals surface area contributed by atoms with E-state index in [4.69, 9.17) is 10.8 Å². The van der Waals surface area contributed by atoms with Gasteiger partial charge in [0.25, 0.3) is 5.91 Å². The highest BCUT2D eigenvalue weighted by molar-refractivity contribution is 7.16. The molecule has 5 N–H and O–H groups in total. The van der Waals surface area contributed by atoms with Gasteiger partial charge in [0.1, 0.15) is 11.0 Å². The highest BCUT2D eigenvalue weighted by Crippen LogP contribution is 2.27. The van der Waals surface area contributed by atoms with E-state index in [-0.39, 0.29) is 24.3 Å².